The Balaban J connectivity index is 2.77. The van der Waals surface area contributed by atoms with Gasteiger partial charge in [0.25, 0.3) is 0 Å². The number of amides is 1. The van der Waals surface area contributed by atoms with Crippen LogP contribution in [-0.2, 0) is 9.59 Å². The Morgan fingerprint density at radius 2 is 1.68 bits per heavy atom. The molecule has 0 saturated heterocycles. The summed E-state index contributed by atoms with van der Waals surface area (Å²) >= 11 is 0. The minimum absolute atomic E-state index is 0.115. The number of carbonyl (C=O) groups is 2. The third kappa shape index (κ3) is 3.69. The van der Waals surface area contributed by atoms with Gasteiger partial charge in [-0.3, -0.25) is 9.59 Å². The lowest BCUT2D eigenvalue weighted by Crippen LogP contribution is -2.54. The van der Waals surface area contributed by atoms with E-state index in [1.807, 2.05) is 13.8 Å². The van der Waals surface area contributed by atoms with E-state index in [-0.39, 0.29) is 12.5 Å². The molecule has 0 spiro atoms. The number of hydrogen-bond donors (Lipinski definition) is 3. The lowest BCUT2D eigenvalue weighted by atomic mass is 9.78. The van der Waals surface area contributed by atoms with Crippen LogP contribution in [0, 0.1) is 11.8 Å². The fourth-order valence-electron chi connectivity index (χ4n) is 2.78. The number of aliphatic hydroxyl groups is 1. The number of carboxylic acids is 1. The molecule has 1 aliphatic carbocycles. The van der Waals surface area contributed by atoms with E-state index < -0.39 is 23.3 Å². The third-order valence-electron chi connectivity index (χ3n) is 4.46. The average molecular weight is 271 g/mol. The summed E-state index contributed by atoms with van der Waals surface area (Å²) in [7, 11) is 0. The molecule has 0 aromatic heterocycles. The van der Waals surface area contributed by atoms with E-state index in [4.69, 9.17) is 0 Å². The quantitative estimate of drug-likeness (QED) is 0.684. The highest BCUT2D eigenvalue weighted by atomic mass is 16.4. The van der Waals surface area contributed by atoms with Crippen LogP contribution in [0.4, 0.5) is 0 Å². The largest absolute Gasteiger partial charge is 0.481 e. The molecule has 0 aromatic rings. The molecule has 1 aliphatic rings. The zero-order valence-electron chi connectivity index (χ0n) is 11.8. The van der Waals surface area contributed by atoms with Crippen molar-refractivity contribution in [1.29, 1.82) is 0 Å². The minimum atomic E-state index is -0.887. The molecule has 0 radical (unpaired) electrons. The first-order valence-electron chi connectivity index (χ1n) is 7.15. The Labute approximate surface area is 114 Å². The van der Waals surface area contributed by atoms with Gasteiger partial charge in [-0.2, -0.15) is 0 Å². The van der Waals surface area contributed by atoms with Gasteiger partial charge in [-0.1, -0.05) is 26.7 Å². The molecule has 3 N–H and O–H groups in total. The zero-order valence-corrected chi connectivity index (χ0v) is 11.8. The van der Waals surface area contributed by atoms with Gasteiger partial charge in [0.05, 0.1) is 24.0 Å². The molecule has 19 heavy (non-hydrogen) atoms. The second-order valence-electron chi connectivity index (χ2n) is 5.47. The lowest BCUT2D eigenvalue weighted by Gasteiger charge is -2.35. The summed E-state index contributed by atoms with van der Waals surface area (Å²) in [6, 6.07) is 0. The van der Waals surface area contributed by atoms with Crippen molar-refractivity contribution < 1.29 is 19.8 Å². The zero-order chi connectivity index (χ0) is 14.5. The molecule has 1 amide bonds. The van der Waals surface area contributed by atoms with Crippen molar-refractivity contribution in [2.75, 3.05) is 6.61 Å². The molecule has 1 rings (SSSR count). The topological polar surface area (TPSA) is 86.6 Å². The molecule has 110 valence electrons. The van der Waals surface area contributed by atoms with Crippen LogP contribution in [-0.4, -0.2) is 34.2 Å². The van der Waals surface area contributed by atoms with Crippen molar-refractivity contribution in [1.82, 2.24) is 5.32 Å². The molecular weight excluding hydrogens is 246 g/mol. The number of carboxylic acid groups (broad SMARTS) is 1. The fraction of sp³-hybridized carbons (Fsp3) is 0.857. The average Bonchev–Trinajstić information content (AvgIpc) is 2.44. The summed E-state index contributed by atoms with van der Waals surface area (Å²) in [6.45, 7) is 3.71. The lowest BCUT2D eigenvalue weighted by molar-refractivity contribution is -0.149. The van der Waals surface area contributed by atoms with Crippen LogP contribution in [0.2, 0.25) is 0 Å². The van der Waals surface area contributed by atoms with Gasteiger partial charge in [0.1, 0.15) is 0 Å². The van der Waals surface area contributed by atoms with Gasteiger partial charge >= 0.3 is 5.97 Å². The number of hydrogen-bond acceptors (Lipinski definition) is 3. The summed E-state index contributed by atoms with van der Waals surface area (Å²) in [5, 5.41) is 21.5. The van der Waals surface area contributed by atoms with Crippen LogP contribution in [0.25, 0.3) is 0 Å². The van der Waals surface area contributed by atoms with Crippen molar-refractivity contribution in [3.8, 4) is 0 Å². The summed E-state index contributed by atoms with van der Waals surface area (Å²) in [5.41, 5.74) is -0.614. The summed E-state index contributed by atoms with van der Waals surface area (Å²) in [4.78, 5) is 23.5. The molecule has 5 nitrogen and oxygen atoms in total. The number of nitrogens with one attached hydrogen (secondary N) is 1. The summed E-state index contributed by atoms with van der Waals surface area (Å²) in [5.74, 6) is -2.15. The Hall–Kier alpha value is -1.10. The van der Waals surface area contributed by atoms with E-state index in [1.165, 1.54) is 0 Å². The Kier molecular flexibility index (Phi) is 5.79. The SMILES string of the molecule is CCC(CC)(CO)NC(=O)[C@@H]1CCCC[C@@H]1C(=O)O. The molecule has 1 saturated carbocycles. The van der Waals surface area contributed by atoms with Crippen LogP contribution in [0.15, 0.2) is 0 Å². The smallest absolute Gasteiger partial charge is 0.307 e. The van der Waals surface area contributed by atoms with Crippen molar-refractivity contribution in [2.24, 2.45) is 11.8 Å². The van der Waals surface area contributed by atoms with Gasteiger partial charge in [-0.05, 0) is 25.7 Å². The van der Waals surface area contributed by atoms with Crippen molar-refractivity contribution in [2.45, 2.75) is 57.9 Å². The van der Waals surface area contributed by atoms with Crippen LogP contribution in [0.5, 0.6) is 0 Å². The van der Waals surface area contributed by atoms with Crippen LogP contribution in [0.1, 0.15) is 52.4 Å². The van der Waals surface area contributed by atoms with E-state index in [2.05, 4.69) is 5.32 Å². The normalized spacial score (nSPS) is 23.9. The maximum atomic E-state index is 12.3. The summed E-state index contributed by atoms with van der Waals surface area (Å²) < 4.78 is 0. The van der Waals surface area contributed by atoms with E-state index in [0.717, 1.165) is 12.8 Å². The predicted octanol–water partition coefficient (Wildman–Crippen LogP) is 1.54. The number of aliphatic carboxylic acids is 1. The Morgan fingerprint density at radius 3 is 2.11 bits per heavy atom. The number of aliphatic hydroxyl groups excluding tert-OH is 1. The molecule has 1 fully saturated rings. The molecule has 0 aliphatic heterocycles. The molecule has 2 atom stereocenters. The van der Waals surface area contributed by atoms with Gasteiger partial charge < -0.3 is 15.5 Å². The Bertz CT molecular complexity index is 317. The highest BCUT2D eigenvalue weighted by molar-refractivity contribution is 5.85. The second kappa shape index (κ2) is 6.89. The maximum absolute atomic E-state index is 12.3. The van der Waals surface area contributed by atoms with Crippen molar-refractivity contribution >= 4 is 11.9 Å². The minimum Gasteiger partial charge on any atom is -0.481 e. The van der Waals surface area contributed by atoms with Crippen LogP contribution >= 0.6 is 0 Å². The van der Waals surface area contributed by atoms with Crippen LogP contribution < -0.4 is 5.32 Å². The third-order valence-corrected chi connectivity index (χ3v) is 4.46. The first-order valence-corrected chi connectivity index (χ1v) is 7.15. The molecule has 0 unspecified atom stereocenters. The number of rotatable bonds is 6. The Morgan fingerprint density at radius 1 is 1.16 bits per heavy atom. The van der Waals surface area contributed by atoms with Gasteiger partial charge in [0, 0.05) is 0 Å². The van der Waals surface area contributed by atoms with Crippen molar-refractivity contribution in [3.05, 3.63) is 0 Å². The fourth-order valence-corrected chi connectivity index (χ4v) is 2.78. The highest BCUT2D eigenvalue weighted by Crippen LogP contribution is 2.31. The van der Waals surface area contributed by atoms with E-state index >= 15 is 0 Å². The van der Waals surface area contributed by atoms with Gasteiger partial charge in [-0.25, -0.2) is 0 Å². The van der Waals surface area contributed by atoms with Gasteiger partial charge in [-0.15, -0.1) is 0 Å². The van der Waals surface area contributed by atoms with Crippen LogP contribution in [0.3, 0.4) is 0 Å². The molecule has 0 aromatic carbocycles. The first-order chi connectivity index (χ1) is 8.99. The van der Waals surface area contributed by atoms with E-state index in [1.54, 1.807) is 0 Å². The van der Waals surface area contributed by atoms with E-state index in [9.17, 15) is 19.8 Å². The van der Waals surface area contributed by atoms with Gasteiger partial charge in [0.2, 0.25) is 5.91 Å². The maximum Gasteiger partial charge on any atom is 0.307 e. The van der Waals surface area contributed by atoms with Gasteiger partial charge in [0.15, 0.2) is 0 Å². The van der Waals surface area contributed by atoms with Crippen molar-refractivity contribution in [3.63, 3.8) is 0 Å². The summed E-state index contributed by atoms with van der Waals surface area (Å²) in [6.07, 6.45) is 4.22. The molecular formula is C14H25NO4. The monoisotopic (exact) mass is 271 g/mol. The predicted molar refractivity (Wildman–Crippen MR) is 71.6 cm³/mol. The molecule has 0 heterocycles. The molecule has 5 heteroatoms. The van der Waals surface area contributed by atoms with E-state index in [0.29, 0.717) is 25.7 Å². The first kappa shape index (κ1) is 16.0. The standard InChI is InChI=1S/C14H25NO4/c1-3-14(4-2,9-16)15-12(17)10-7-5-6-8-11(10)13(18)19/h10-11,16H,3-9H2,1-2H3,(H,15,17)(H,18,19)/t10-,11+/m1/s1. The second-order valence-corrected chi connectivity index (χ2v) is 5.47. The molecule has 0 bridgehead atoms. The highest BCUT2D eigenvalue weighted by Gasteiger charge is 2.38. The number of carbonyl (C=O) groups excluding carboxylic acids is 1.